The number of methoxy groups -OCH3 is 2. The van der Waals surface area contributed by atoms with Gasteiger partial charge in [-0.05, 0) is 60.5 Å². The summed E-state index contributed by atoms with van der Waals surface area (Å²) in [5.41, 5.74) is 2.76. The summed E-state index contributed by atoms with van der Waals surface area (Å²) in [6.07, 6.45) is 3.51. The van der Waals surface area contributed by atoms with E-state index >= 15 is 0 Å². The van der Waals surface area contributed by atoms with Crippen LogP contribution in [0.15, 0.2) is 42.6 Å². The number of hydrogen-bond donors (Lipinski definition) is 1. The zero-order chi connectivity index (χ0) is 21.0. The summed E-state index contributed by atoms with van der Waals surface area (Å²) in [6.45, 7) is 1.36. The van der Waals surface area contributed by atoms with Crippen molar-refractivity contribution < 1.29 is 23.9 Å². The monoisotopic (exact) mass is 394 g/mol. The second-order valence-electron chi connectivity index (χ2n) is 6.60. The Morgan fingerprint density at radius 3 is 2.34 bits per heavy atom. The summed E-state index contributed by atoms with van der Waals surface area (Å²) in [6, 6.07) is 10.2. The zero-order valence-corrected chi connectivity index (χ0v) is 16.5. The molecular formula is C22H22N2O5. The summed E-state index contributed by atoms with van der Waals surface area (Å²) >= 11 is 0. The Hall–Kier alpha value is -3.61. The van der Waals surface area contributed by atoms with Gasteiger partial charge in [0, 0.05) is 17.5 Å². The zero-order valence-electron chi connectivity index (χ0n) is 16.5. The predicted molar refractivity (Wildman–Crippen MR) is 109 cm³/mol. The number of Topliss-reactive ketones (excluding diaryl/α,β-unsaturated/α-hetero) is 1. The lowest BCUT2D eigenvalue weighted by Crippen LogP contribution is -2.34. The van der Waals surface area contributed by atoms with Crippen LogP contribution in [-0.4, -0.2) is 43.3 Å². The Balaban J connectivity index is 1.70. The number of amides is 2. The van der Waals surface area contributed by atoms with Crippen molar-refractivity contribution in [2.24, 2.45) is 0 Å². The summed E-state index contributed by atoms with van der Waals surface area (Å²) in [5, 5.41) is 2.74. The number of benzene rings is 2. The van der Waals surface area contributed by atoms with E-state index in [0.717, 1.165) is 11.1 Å². The summed E-state index contributed by atoms with van der Waals surface area (Å²) in [5.74, 6) is 0.543. The van der Waals surface area contributed by atoms with Crippen molar-refractivity contribution in [2.45, 2.75) is 13.3 Å². The smallest absolute Gasteiger partial charge is 0.244 e. The van der Waals surface area contributed by atoms with Gasteiger partial charge in [-0.2, -0.15) is 0 Å². The van der Waals surface area contributed by atoms with Gasteiger partial charge in [0.05, 0.1) is 20.6 Å². The fourth-order valence-corrected chi connectivity index (χ4v) is 3.05. The number of nitrogens with one attached hydrogen (secondary N) is 1. The fourth-order valence-electron chi connectivity index (χ4n) is 3.05. The van der Waals surface area contributed by atoms with Crippen LogP contribution in [0.4, 0.5) is 5.69 Å². The largest absolute Gasteiger partial charge is 0.493 e. The highest BCUT2D eigenvalue weighted by atomic mass is 16.5. The van der Waals surface area contributed by atoms with E-state index in [1.165, 1.54) is 18.9 Å². The van der Waals surface area contributed by atoms with Crippen molar-refractivity contribution >= 4 is 29.4 Å². The van der Waals surface area contributed by atoms with Crippen LogP contribution in [0.2, 0.25) is 0 Å². The van der Waals surface area contributed by atoms with Gasteiger partial charge in [-0.1, -0.05) is 0 Å². The summed E-state index contributed by atoms with van der Waals surface area (Å²) < 4.78 is 10.6. The highest BCUT2D eigenvalue weighted by Crippen LogP contribution is 2.32. The van der Waals surface area contributed by atoms with Crippen molar-refractivity contribution in [1.29, 1.82) is 0 Å². The lowest BCUT2D eigenvalue weighted by molar-refractivity contribution is -0.131. The molecular weight excluding hydrogens is 372 g/mol. The van der Waals surface area contributed by atoms with E-state index in [-0.39, 0.29) is 30.6 Å². The molecule has 7 nitrogen and oxygen atoms in total. The molecule has 2 aromatic carbocycles. The molecule has 2 aromatic rings. The first kappa shape index (κ1) is 20.1. The molecule has 0 spiro atoms. The van der Waals surface area contributed by atoms with E-state index in [4.69, 9.17) is 9.47 Å². The average Bonchev–Trinajstić information content (AvgIpc) is 2.85. The molecule has 1 aliphatic rings. The standard InChI is InChI=1S/C22H22N2O5/c1-14(25)15-4-6-18(7-5-15)23-21(26)13-24-9-8-16-10-19(28-2)20(29-3)11-17(16)12-22(24)27/h4-11H,12-13H2,1-3H3,(H,23,26). The Kier molecular flexibility index (Phi) is 5.97. The third-order valence-electron chi connectivity index (χ3n) is 4.63. The van der Waals surface area contributed by atoms with Gasteiger partial charge in [0.2, 0.25) is 11.8 Å². The minimum Gasteiger partial charge on any atom is -0.493 e. The first-order valence-corrected chi connectivity index (χ1v) is 9.04. The maximum atomic E-state index is 12.6. The highest BCUT2D eigenvalue weighted by Gasteiger charge is 2.21. The summed E-state index contributed by atoms with van der Waals surface area (Å²) in [4.78, 5) is 37.7. The molecule has 29 heavy (non-hydrogen) atoms. The Bertz CT molecular complexity index is 979. The van der Waals surface area contributed by atoms with Crippen LogP contribution in [0.25, 0.3) is 6.08 Å². The Labute approximate surface area is 168 Å². The van der Waals surface area contributed by atoms with Gasteiger partial charge < -0.3 is 19.7 Å². The van der Waals surface area contributed by atoms with Gasteiger partial charge in [0.25, 0.3) is 0 Å². The molecule has 0 saturated heterocycles. The molecule has 0 unspecified atom stereocenters. The average molecular weight is 394 g/mol. The molecule has 0 aromatic heterocycles. The molecule has 0 bridgehead atoms. The van der Waals surface area contributed by atoms with E-state index in [2.05, 4.69) is 5.32 Å². The normalized spacial score (nSPS) is 12.8. The molecule has 0 fully saturated rings. The van der Waals surface area contributed by atoms with Crippen LogP contribution >= 0.6 is 0 Å². The lowest BCUT2D eigenvalue weighted by Gasteiger charge is -2.17. The number of ketones is 1. The van der Waals surface area contributed by atoms with Gasteiger partial charge in [-0.3, -0.25) is 14.4 Å². The number of ether oxygens (including phenoxy) is 2. The maximum absolute atomic E-state index is 12.6. The quantitative estimate of drug-likeness (QED) is 0.762. The second-order valence-corrected chi connectivity index (χ2v) is 6.60. The van der Waals surface area contributed by atoms with Crippen molar-refractivity contribution in [2.75, 3.05) is 26.1 Å². The first-order valence-electron chi connectivity index (χ1n) is 9.04. The third-order valence-corrected chi connectivity index (χ3v) is 4.63. The molecule has 0 aliphatic carbocycles. The predicted octanol–water partition coefficient (Wildman–Crippen LogP) is 2.90. The van der Waals surface area contributed by atoms with Gasteiger partial charge in [-0.25, -0.2) is 0 Å². The molecule has 0 radical (unpaired) electrons. The number of fused-ring (bicyclic) bond motifs is 1. The van der Waals surface area contributed by atoms with Gasteiger partial charge in [0.15, 0.2) is 17.3 Å². The van der Waals surface area contributed by atoms with Gasteiger partial charge in [-0.15, -0.1) is 0 Å². The summed E-state index contributed by atoms with van der Waals surface area (Å²) in [7, 11) is 3.09. The lowest BCUT2D eigenvalue weighted by atomic mass is 10.0. The maximum Gasteiger partial charge on any atom is 0.244 e. The third kappa shape index (κ3) is 4.63. The molecule has 3 rings (SSSR count). The van der Waals surface area contributed by atoms with E-state index < -0.39 is 0 Å². The SMILES string of the molecule is COc1cc2c(cc1OC)CC(=O)N(CC(=O)Nc1ccc(C(C)=O)cc1)C=C2. The van der Waals surface area contributed by atoms with E-state index in [0.29, 0.717) is 22.7 Å². The van der Waals surface area contributed by atoms with Crippen molar-refractivity contribution in [3.63, 3.8) is 0 Å². The van der Waals surface area contributed by atoms with E-state index in [1.807, 2.05) is 0 Å². The van der Waals surface area contributed by atoms with E-state index in [9.17, 15) is 14.4 Å². The Morgan fingerprint density at radius 2 is 1.72 bits per heavy atom. The number of rotatable bonds is 6. The number of anilines is 1. The number of carbonyl (C=O) groups is 3. The second kappa shape index (κ2) is 8.60. The molecule has 0 saturated carbocycles. The number of hydrogen-bond acceptors (Lipinski definition) is 5. The molecule has 1 N–H and O–H groups in total. The molecule has 1 aliphatic heterocycles. The number of carbonyl (C=O) groups excluding carboxylic acids is 3. The van der Waals surface area contributed by atoms with Crippen LogP contribution in [0.1, 0.15) is 28.4 Å². The van der Waals surface area contributed by atoms with Gasteiger partial charge >= 0.3 is 0 Å². The van der Waals surface area contributed by atoms with Crippen LogP contribution in [0.5, 0.6) is 11.5 Å². The van der Waals surface area contributed by atoms with Crippen LogP contribution in [0, 0.1) is 0 Å². The van der Waals surface area contributed by atoms with Crippen LogP contribution in [0.3, 0.4) is 0 Å². The molecule has 1 heterocycles. The van der Waals surface area contributed by atoms with E-state index in [1.54, 1.807) is 55.8 Å². The molecule has 7 heteroatoms. The highest BCUT2D eigenvalue weighted by molar-refractivity contribution is 5.97. The topological polar surface area (TPSA) is 84.9 Å². The van der Waals surface area contributed by atoms with Crippen molar-refractivity contribution in [3.05, 3.63) is 59.3 Å². The molecule has 0 atom stereocenters. The molecule has 2 amide bonds. The van der Waals surface area contributed by atoms with Crippen LogP contribution < -0.4 is 14.8 Å². The minimum absolute atomic E-state index is 0.0454. The fraction of sp³-hybridized carbons (Fsp3) is 0.227. The Morgan fingerprint density at radius 1 is 1.07 bits per heavy atom. The van der Waals surface area contributed by atoms with Crippen molar-refractivity contribution in [3.8, 4) is 11.5 Å². The minimum atomic E-state index is -0.334. The van der Waals surface area contributed by atoms with Crippen LogP contribution in [-0.2, 0) is 16.0 Å². The first-order chi connectivity index (χ1) is 13.9. The number of nitrogens with zero attached hydrogens (tertiary/aromatic N) is 1. The van der Waals surface area contributed by atoms with Crippen molar-refractivity contribution in [1.82, 2.24) is 4.90 Å². The molecule has 150 valence electrons. The van der Waals surface area contributed by atoms with Gasteiger partial charge in [0.1, 0.15) is 6.54 Å².